The maximum atomic E-state index is 5.57. The summed E-state index contributed by atoms with van der Waals surface area (Å²) in [6, 6.07) is 0.120. The zero-order chi connectivity index (χ0) is 10.7. The number of rotatable bonds is 4. The molecule has 0 bridgehead atoms. The van der Waals surface area contributed by atoms with Gasteiger partial charge in [0.2, 0.25) is 0 Å². The van der Waals surface area contributed by atoms with Gasteiger partial charge in [-0.3, -0.25) is 5.84 Å². The molecule has 0 aliphatic carbocycles. The van der Waals surface area contributed by atoms with Crippen molar-refractivity contribution in [2.45, 2.75) is 26.8 Å². The molecular formula is C10H20N4. The Morgan fingerprint density at radius 1 is 1.43 bits per heavy atom. The Bertz CT molecular complexity index is 279. The maximum Gasteiger partial charge on any atom is 0.127 e. The third-order valence-electron chi connectivity index (χ3n) is 2.89. The summed E-state index contributed by atoms with van der Waals surface area (Å²) in [7, 11) is 1.99. The minimum Gasteiger partial charge on any atom is -0.337 e. The molecule has 1 aromatic heterocycles. The van der Waals surface area contributed by atoms with E-state index in [4.69, 9.17) is 5.84 Å². The molecule has 1 heterocycles. The summed E-state index contributed by atoms with van der Waals surface area (Å²) in [5.74, 6) is 7.60. The molecule has 0 amide bonds. The highest BCUT2D eigenvalue weighted by Gasteiger charge is 2.23. The standard InChI is InChI=1S/C10H20N4/c1-7(2)8(3)9(13-11)10-12-5-6-14(10)4/h5-9,13H,11H2,1-4H3. The molecule has 4 nitrogen and oxygen atoms in total. The van der Waals surface area contributed by atoms with Crippen LogP contribution in [-0.4, -0.2) is 9.55 Å². The molecule has 3 N–H and O–H groups in total. The zero-order valence-electron chi connectivity index (χ0n) is 9.36. The Balaban J connectivity index is 2.87. The number of hydrazine groups is 1. The van der Waals surface area contributed by atoms with Crippen LogP contribution in [0.4, 0.5) is 0 Å². The van der Waals surface area contributed by atoms with Gasteiger partial charge in [0.25, 0.3) is 0 Å². The minimum atomic E-state index is 0.120. The molecule has 0 fully saturated rings. The summed E-state index contributed by atoms with van der Waals surface area (Å²) in [5.41, 5.74) is 2.84. The Morgan fingerprint density at radius 2 is 2.07 bits per heavy atom. The third kappa shape index (κ3) is 2.13. The van der Waals surface area contributed by atoms with Gasteiger partial charge in [0.05, 0.1) is 6.04 Å². The van der Waals surface area contributed by atoms with Gasteiger partial charge in [-0.05, 0) is 11.8 Å². The first-order chi connectivity index (χ1) is 6.57. The van der Waals surface area contributed by atoms with E-state index >= 15 is 0 Å². The third-order valence-corrected chi connectivity index (χ3v) is 2.89. The molecule has 0 radical (unpaired) electrons. The van der Waals surface area contributed by atoms with E-state index < -0.39 is 0 Å². The van der Waals surface area contributed by atoms with E-state index in [-0.39, 0.29) is 6.04 Å². The van der Waals surface area contributed by atoms with Gasteiger partial charge < -0.3 is 4.57 Å². The molecule has 0 saturated heterocycles. The predicted molar refractivity (Wildman–Crippen MR) is 57.3 cm³/mol. The van der Waals surface area contributed by atoms with Gasteiger partial charge in [-0.2, -0.15) is 0 Å². The molecule has 2 unspecified atom stereocenters. The molecule has 2 atom stereocenters. The first-order valence-corrected chi connectivity index (χ1v) is 5.01. The lowest BCUT2D eigenvalue weighted by Gasteiger charge is -2.25. The van der Waals surface area contributed by atoms with Crippen molar-refractivity contribution < 1.29 is 0 Å². The summed E-state index contributed by atoms with van der Waals surface area (Å²) in [6.45, 7) is 6.57. The maximum absolute atomic E-state index is 5.57. The van der Waals surface area contributed by atoms with Crippen molar-refractivity contribution >= 4 is 0 Å². The summed E-state index contributed by atoms with van der Waals surface area (Å²) in [6.07, 6.45) is 3.74. The van der Waals surface area contributed by atoms with Gasteiger partial charge in [0.15, 0.2) is 0 Å². The minimum absolute atomic E-state index is 0.120. The molecule has 0 aliphatic heterocycles. The molecule has 14 heavy (non-hydrogen) atoms. The van der Waals surface area contributed by atoms with Crippen molar-refractivity contribution in [1.82, 2.24) is 15.0 Å². The van der Waals surface area contributed by atoms with E-state index in [0.717, 1.165) is 5.82 Å². The van der Waals surface area contributed by atoms with Gasteiger partial charge in [-0.25, -0.2) is 10.4 Å². The van der Waals surface area contributed by atoms with Crippen molar-refractivity contribution in [3.05, 3.63) is 18.2 Å². The van der Waals surface area contributed by atoms with E-state index in [2.05, 4.69) is 31.2 Å². The summed E-state index contributed by atoms with van der Waals surface area (Å²) in [5, 5.41) is 0. The SMILES string of the molecule is CC(C)C(C)C(NN)c1nccn1C. The Kier molecular flexibility index (Phi) is 3.66. The summed E-state index contributed by atoms with van der Waals surface area (Å²) in [4.78, 5) is 4.31. The fraction of sp³-hybridized carbons (Fsp3) is 0.700. The van der Waals surface area contributed by atoms with Crippen LogP contribution in [0.15, 0.2) is 12.4 Å². The fourth-order valence-electron chi connectivity index (χ4n) is 1.52. The molecule has 4 heteroatoms. The van der Waals surface area contributed by atoms with Gasteiger partial charge >= 0.3 is 0 Å². The number of hydrogen-bond donors (Lipinski definition) is 2. The highest BCUT2D eigenvalue weighted by atomic mass is 15.3. The van der Waals surface area contributed by atoms with Crippen LogP contribution >= 0.6 is 0 Å². The monoisotopic (exact) mass is 196 g/mol. The molecule has 0 aliphatic rings. The second-order valence-electron chi connectivity index (χ2n) is 4.14. The highest BCUT2D eigenvalue weighted by Crippen LogP contribution is 2.25. The second-order valence-corrected chi connectivity index (χ2v) is 4.14. The van der Waals surface area contributed by atoms with Gasteiger partial charge in [0.1, 0.15) is 5.82 Å². The number of imidazole rings is 1. The first-order valence-electron chi connectivity index (χ1n) is 5.01. The van der Waals surface area contributed by atoms with Crippen molar-refractivity contribution in [1.29, 1.82) is 0 Å². The number of aryl methyl sites for hydroxylation is 1. The molecule has 1 rings (SSSR count). The van der Waals surface area contributed by atoms with E-state index in [9.17, 15) is 0 Å². The van der Waals surface area contributed by atoms with Crippen molar-refractivity contribution in [2.24, 2.45) is 24.7 Å². The van der Waals surface area contributed by atoms with Gasteiger partial charge in [0, 0.05) is 19.4 Å². The van der Waals surface area contributed by atoms with Gasteiger partial charge in [-0.15, -0.1) is 0 Å². The predicted octanol–water partition coefficient (Wildman–Crippen LogP) is 1.22. The number of nitrogens with one attached hydrogen (secondary N) is 1. The normalized spacial score (nSPS) is 15.9. The average molecular weight is 196 g/mol. The molecule has 0 aromatic carbocycles. The van der Waals surface area contributed by atoms with Crippen LogP contribution in [-0.2, 0) is 7.05 Å². The van der Waals surface area contributed by atoms with Crippen LogP contribution in [0.1, 0.15) is 32.6 Å². The van der Waals surface area contributed by atoms with Crippen LogP contribution in [0, 0.1) is 11.8 Å². The fourth-order valence-corrected chi connectivity index (χ4v) is 1.52. The number of nitrogens with two attached hydrogens (primary N) is 1. The van der Waals surface area contributed by atoms with E-state index in [1.807, 2.05) is 17.8 Å². The summed E-state index contributed by atoms with van der Waals surface area (Å²) < 4.78 is 2.00. The van der Waals surface area contributed by atoms with Crippen LogP contribution in [0.2, 0.25) is 0 Å². The van der Waals surface area contributed by atoms with Crippen LogP contribution in [0.5, 0.6) is 0 Å². The van der Waals surface area contributed by atoms with Crippen molar-refractivity contribution in [3.8, 4) is 0 Å². The largest absolute Gasteiger partial charge is 0.337 e. The quantitative estimate of drug-likeness (QED) is 0.562. The number of hydrogen-bond acceptors (Lipinski definition) is 3. The zero-order valence-corrected chi connectivity index (χ0v) is 9.36. The van der Waals surface area contributed by atoms with Crippen LogP contribution < -0.4 is 11.3 Å². The van der Waals surface area contributed by atoms with Crippen LogP contribution in [0.25, 0.3) is 0 Å². The average Bonchev–Trinajstić information content (AvgIpc) is 2.53. The molecule has 0 spiro atoms. The lowest BCUT2D eigenvalue weighted by molar-refractivity contribution is 0.291. The van der Waals surface area contributed by atoms with Crippen molar-refractivity contribution in [3.63, 3.8) is 0 Å². The molecule has 1 aromatic rings. The molecular weight excluding hydrogens is 176 g/mol. The Labute approximate surface area is 85.5 Å². The highest BCUT2D eigenvalue weighted by molar-refractivity contribution is 5.00. The molecule has 0 saturated carbocycles. The van der Waals surface area contributed by atoms with E-state index in [0.29, 0.717) is 11.8 Å². The van der Waals surface area contributed by atoms with Crippen LogP contribution in [0.3, 0.4) is 0 Å². The summed E-state index contributed by atoms with van der Waals surface area (Å²) >= 11 is 0. The van der Waals surface area contributed by atoms with E-state index in [1.165, 1.54) is 0 Å². The van der Waals surface area contributed by atoms with Gasteiger partial charge in [-0.1, -0.05) is 20.8 Å². The van der Waals surface area contributed by atoms with E-state index in [1.54, 1.807) is 6.20 Å². The second kappa shape index (κ2) is 4.57. The Hall–Kier alpha value is -0.870. The smallest absolute Gasteiger partial charge is 0.127 e. The Morgan fingerprint density at radius 3 is 2.43 bits per heavy atom. The first kappa shape index (κ1) is 11.2. The topological polar surface area (TPSA) is 55.9 Å². The lowest BCUT2D eigenvalue weighted by Crippen LogP contribution is -2.36. The molecule has 80 valence electrons. The number of aromatic nitrogens is 2. The lowest BCUT2D eigenvalue weighted by atomic mass is 9.90. The van der Waals surface area contributed by atoms with Crippen molar-refractivity contribution in [2.75, 3.05) is 0 Å². The number of nitrogens with zero attached hydrogens (tertiary/aromatic N) is 2.